The summed E-state index contributed by atoms with van der Waals surface area (Å²) >= 11 is 0. The summed E-state index contributed by atoms with van der Waals surface area (Å²) in [7, 11) is 0. The van der Waals surface area contributed by atoms with Crippen LogP contribution < -0.4 is 10.6 Å². The van der Waals surface area contributed by atoms with Gasteiger partial charge >= 0.3 is 0 Å². The van der Waals surface area contributed by atoms with E-state index in [2.05, 4.69) is 15.7 Å². The van der Waals surface area contributed by atoms with Gasteiger partial charge in [0.15, 0.2) is 0 Å². The van der Waals surface area contributed by atoms with Crippen molar-refractivity contribution >= 4 is 11.6 Å². The highest BCUT2D eigenvalue weighted by atomic mass is 16.2. The molecule has 2 N–H and O–H groups in total. The third-order valence-electron chi connectivity index (χ3n) is 3.36. The Morgan fingerprint density at radius 2 is 2.18 bits per heavy atom. The van der Waals surface area contributed by atoms with Gasteiger partial charge in [0.25, 0.3) is 0 Å². The summed E-state index contributed by atoms with van der Waals surface area (Å²) in [5, 5.41) is 10.6. The van der Waals surface area contributed by atoms with Crippen LogP contribution in [0.3, 0.4) is 0 Å². The van der Waals surface area contributed by atoms with E-state index in [9.17, 15) is 4.79 Å². The van der Waals surface area contributed by atoms with Gasteiger partial charge in [-0.05, 0) is 32.1 Å². The van der Waals surface area contributed by atoms with Crippen LogP contribution in [0.5, 0.6) is 0 Å². The molecule has 1 aromatic heterocycles. The fourth-order valence-corrected chi connectivity index (χ4v) is 1.96. The highest BCUT2D eigenvalue weighted by molar-refractivity contribution is 5.76. The maximum absolute atomic E-state index is 11.6. The van der Waals surface area contributed by atoms with Crippen molar-refractivity contribution in [1.82, 2.24) is 15.1 Å². The summed E-state index contributed by atoms with van der Waals surface area (Å²) in [5.74, 6) is 0.0609. The van der Waals surface area contributed by atoms with Gasteiger partial charge in [-0.3, -0.25) is 9.48 Å². The van der Waals surface area contributed by atoms with Gasteiger partial charge in [-0.15, -0.1) is 0 Å². The zero-order valence-electron chi connectivity index (χ0n) is 9.85. The Kier molecular flexibility index (Phi) is 2.74. The molecule has 17 heavy (non-hydrogen) atoms. The van der Waals surface area contributed by atoms with Gasteiger partial charge in [-0.2, -0.15) is 5.10 Å². The zero-order valence-corrected chi connectivity index (χ0v) is 9.85. The van der Waals surface area contributed by atoms with Gasteiger partial charge in [0.1, 0.15) is 6.54 Å². The van der Waals surface area contributed by atoms with Crippen molar-refractivity contribution < 1.29 is 4.79 Å². The number of hydrogen-bond donors (Lipinski definition) is 2. The lowest BCUT2D eigenvalue weighted by Gasteiger charge is -2.26. The summed E-state index contributed by atoms with van der Waals surface area (Å²) in [6.07, 6.45) is 9.75. The van der Waals surface area contributed by atoms with E-state index in [1.807, 2.05) is 6.20 Å². The zero-order chi connectivity index (χ0) is 11.7. The summed E-state index contributed by atoms with van der Waals surface area (Å²) in [5.41, 5.74) is 1.02. The lowest BCUT2D eigenvalue weighted by Crippen LogP contribution is -2.29. The predicted octanol–water partition coefficient (Wildman–Crippen LogP) is 1.13. The summed E-state index contributed by atoms with van der Waals surface area (Å²) in [6.45, 7) is 0.322. The first kappa shape index (κ1) is 10.6. The summed E-state index contributed by atoms with van der Waals surface area (Å²) < 4.78 is 1.69. The SMILES string of the molecule is O=C(Cn1cc(NC2CCC2)cn1)NC1CC1. The normalized spacial score (nSPS) is 19.8. The molecule has 0 unspecified atom stereocenters. The van der Waals surface area contributed by atoms with Gasteiger partial charge in [0.2, 0.25) is 5.91 Å². The molecule has 1 heterocycles. The molecule has 2 saturated carbocycles. The maximum Gasteiger partial charge on any atom is 0.241 e. The van der Waals surface area contributed by atoms with Crippen molar-refractivity contribution in [3.05, 3.63) is 12.4 Å². The molecule has 0 aromatic carbocycles. The van der Waals surface area contributed by atoms with E-state index < -0.39 is 0 Å². The smallest absolute Gasteiger partial charge is 0.241 e. The number of carbonyl (C=O) groups is 1. The molecule has 1 aromatic rings. The molecule has 0 saturated heterocycles. The van der Waals surface area contributed by atoms with E-state index in [1.54, 1.807) is 10.9 Å². The minimum absolute atomic E-state index is 0.0609. The van der Waals surface area contributed by atoms with Crippen molar-refractivity contribution in [3.63, 3.8) is 0 Å². The number of rotatable bonds is 5. The Morgan fingerprint density at radius 1 is 1.35 bits per heavy atom. The molecule has 5 nitrogen and oxygen atoms in total. The van der Waals surface area contributed by atoms with Crippen LogP contribution >= 0.6 is 0 Å². The highest BCUT2D eigenvalue weighted by Crippen LogP contribution is 2.22. The largest absolute Gasteiger partial charge is 0.380 e. The second kappa shape index (κ2) is 4.39. The molecule has 2 fully saturated rings. The number of aromatic nitrogens is 2. The van der Waals surface area contributed by atoms with E-state index in [0.29, 0.717) is 18.6 Å². The van der Waals surface area contributed by atoms with Crippen molar-refractivity contribution in [2.75, 3.05) is 5.32 Å². The summed E-state index contributed by atoms with van der Waals surface area (Å²) in [4.78, 5) is 11.6. The Balaban J connectivity index is 1.50. The number of carbonyl (C=O) groups excluding carboxylic acids is 1. The second-order valence-electron chi connectivity index (χ2n) is 5.04. The number of anilines is 1. The first-order chi connectivity index (χ1) is 8.29. The first-order valence-electron chi connectivity index (χ1n) is 6.38. The van der Waals surface area contributed by atoms with E-state index >= 15 is 0 Å². The molecule has 2 aliphatic rings. The van der Waals surface area contributed by atoms with Crippen LogP contribution in [0.25, 0.3) is 0 Å². The minimum atomic E-state index is 0.0609. The lowest BCUT2D eigenvalue weighted by molar-refractivity contribution is -0.122. The Labute approximate surface area is 101 Å². The number of nitrogens with one attached hydrogen (secondary N) is 2. The number of nitrogens with zero attached hydrogens (tertiary/aromatic N) is 2. The molecule has 3 rings (SSSR count). The topological polar surface area (TPSA) is 59.0 Å². The molecule has 0 aliphatic heterocycles. The third kappa shape index (κ3) is 2.78. The summed E-state index contributed by atoms with van der Waals surface area (Å²) in [6, 6.07) is 1.03. The third-order valence-corrected chi connectivity index (χ3v) is 3.36. The van der Waals surface area contributed by atoms with Crippen molar-refractivity contribution in [2.45, 2.75) is 50.7 Å². The van der Waals surface area contributed by atoms with Gasteiger partial charge in [0, 0.05) is 18.3 Å². The van der Waals surface area contributed by atoms with E-state index in [4.69, 9.17) is 0 Å². The molecule has 0 radical (unpaired) electrons. The van der Waals surface area contributed by atoms with Crippen LogP contribution in [0.4, 0.5) is 5.69 Å². The molecule has 5 heteroatoms. The molecular formula is C12H18N4O. The molecule has 2 aliphatic carbocycles. The van der Waals surface area contributed by atoms with Crippen LogP contribution in [0.15, 0.2) is 12.4 Å². The predicted molar refractivity (Wildman–Crippen MR) is 64.7 cm³/mol. The standard InChI is InChI=1S/C12H18N4O/c17-12(15-10-4-5-10)8-16-7-11(6-13-16)14-9-2-1-3-9/h6-7,9-10,14H,1-5,8H2,(H,15,17). The quantitative estimate of drug-likeness (QED) is 0.803. The van der Waals surface area contributed by atoms with Crippen LogP contribution in [0, 0.1) is 0 Å². The molecule has 1 amide bonds. The first-order valence-corrected chi connectivity index (χ1v) is 6.38. The van der Waals surface area contributed by atoms with E-state index in [-0.39, 0.29) is 5.91 Å². The Morgan fingerprint density at radius 3 is 2.82 bits per heavy atom. The molecule has 0 atom stereocenters. The second-order valence-corrected chi connectivity index (χ2v) is 5.04. The highest BCUT2D eigenvalue weighted by Gasteiger charge is 2.23. The number of amides is 1. The molecule has 0 bridgehead atoms. The van der Waals surface area contributed by atoms with E-state index in [0.717, 1.165) is 18.5 Å². The Hall–Kier alpha value is -1.52. The monoisotopic (exact) mass is 234 g/mol. The van der Waals surface area contributed by atoms with Crippen LogP contribution in [0.2, 0.25) is 0 Å². The van der Waals surface area contributed by atoms with Gasteiger partial charge in [0.05, 0.1) is 11.9 Å². The molecular weight excluding hydrogens is 216 g/mol. The van der Waals surface area contributed by atoms with Gasteiger partial charge in [-0.25, -0.2) is 0 Å². The Bertz CT molecular complexity index is 406. The van der Waals surface area contributed by atoms with Crippen molar-refractivity contribution in [2.24, 2.45) is 0 Å². The van der Waals surface area contributed by atoms with Crippen LogP contribution in [-0.2, 0) is 11.3 Å². The molecule has 92 valence electrons. The van der Waals surface area contributed by atoms with E-state index in [1.165, 1.54) is 19.3 Å². The van der Waals surface area contributed by atoms with Gasteiger partial charge in [-0.1, -0.05) is 0 Å². The number of hydrogen-bond acceptors (Lipinski definition) is 3. The molecule has 0 spiro atoms. The fraction of sp³-hybridized carbons (Fsp3) is 0.667. The maximum atomic E-state index is 11.6. The average Bonchev–Trinajstić information content (AvgIpc) is 2.92. The lowest BCUT2D eigenvalue weighted by atomic mass is 9.93. The van der Waals surface area contributed by atoms with Crippen molar-refractivity contribution in [1.29, 1.82) is 0 Å². The van der Waals surface area contributed by atoms with Crippen LogP contribution in [0.1, 0.15) is 32.1 Å². The fourth-order valence-electron chi connectivity index (χ4n) is 1.96. The minimum Gasteiger partial charge on any atom is -0.380 e. The van der Waals surface area contributed by atoms with Crippen molar-refractivity contribution in [3.8, 4) is 0 Å². The average molecular weight is 234 g/mol. The van der Waals surface area contributed by atoms with Crippen LogP contribution in [-0.4, -0.2) is 27.8 Å². The van der Waals surface area contributed by atoms with Gasteiger partial charge < -0.3 is 10.6 Å².